The van der Waals surface area contributed by atoms with Gasteiger partial charge in [-0.1, -0.05) is 37.3 Å². The molecule has 5 nitrogen and oxygen atoms in total. The van der Waals surface area contributed by atoms with Gasteiger partial charge in [-0.25, -0.2) is 0 Å². The molecule has 0 saturated carbocycles. The summed E-state index contributed by atoms with van der Waals surface area (Å²) >= 11 is 0. The third-order valence-electron chi connectivity index (χ3n) is 4.79. The van der Waals surface area contributed by atoms with E-state index in [0.717, 1.165) is 45.4 Å². The average molecular weight is 474 g/mol. The molecule has 0 aliphatic carbocycles. The van der Waals surface area contributed by atoms with Gasteiger partial charge in [-0.15, -0.1) is 24.0 Å². The molecule has 3 unspecified atom stereocenters. The van der Waals surface area contributed by atoms with Gasteiger partial charge in [0, 0.05) is 31.7 Å². The van der Waals surface area contributed by atoms with E-state index in [1.165, 1.54) is 5.56 Å². The van der Waals surface area contributed by atoms with E-state index in [1.54, 1.807) is 0 Å². The van der Waals surface area contributed by atoms with Crippen molar-refractivity contribution in [3.63, 3.8) is 0 Å². The molecule has 3 atom stereocenters. The molecule has 1 saturated heterocycles. The van der Waals surface area contributed by atoms with Crippen LogP contribution in [0.3, 0.4) is 0 Å². The summed E-state index contributed by atoms with van der Waals surface area (Å²) in [5, 5.41) is 6.84. The molecule has 2 rings (SSSR count). The molecule has 2 N–H and O–H groups in total. The Labute approximate surface area is 176 Å². The van der Waals surface area contributed by atoms with Crippen LogP contribution in [0.25, 0.3) is 0 Å². The maximum atomic E-state index is 5.53. The van der Waals surface area contributed by atoms with E-state index >= 15 is 0 Å². The Balaban J connectivity index is 0.00000338. The van der Waals surface area contributed by atoms with E-state index in [0.29, 0.717) is 18.0 Å². The van der Waals surface area contributed by atoms with E-state index in [-0.39, 0.29) is 24.0 Å². The van der Waals surface area contributed by atoms with Gasteiger partial charge < -0.3 is 15.4 Å². The van der Waals surface area contributed by atoms with Gasteiger partial charge in [-0.05, 0) is 32.3 Å². The Kier molecular flexibility index (Phi) is 11.2. The van der Waals surface area contributed by atoms with Crippen LogP contribution in [0.2, 0.25) is 0 Å². The zero-order valence-corrected chi connectivity index (χ0v) is 18.9. The molecular formula is C20H35IN4O. The second-order valence-electron chi connectivity index (χ2n) is 6.92. The van der Waals surface area contributed by atoms with Crippen LogP contribution < -0.4 is 10.6 Å². The second kappa shape index (κ2) is 12.5. The molecule has 1 fully saturated rings. The number of hydrogen-bond donors (Lipinski definition) is 2. The lowest BCUT2D eigenvalue weighted by atomic mass is 10.0. The quantitative estimate of drug-likeness (QED) is 0.363. The summed E-state index contributed by atoms with van der Waals surface area (Å²) in [5.74, 6) is 1.35. The highest BCUT2D eigenvalue weighted by atomic mass is 127. The number of nitrogens with one attached hydrogen (secondary N) is 2. The monoisotopic (exact) mass is 474 g/mol. The van der Waals surface area contributed by atoms with E-state index < -0.39 is 0 Å². The van der Waals surface area contributed by atoms with Crippen molar-refractivity contribution in [1.29, 1.82) is 0 Å². The van der Waals surface area contributed by atoms with Crippen molar-refractivity contribution in [2.24, 2.45) is 4.99 Å². The predicted octanol–water partition coefficient (Wildman–Crippen LogP) is 3.07. The van der Waals surface area contributed by atoms with Gasteiger partial charge in [0.15, 0.2) is 5.96 Å². The summed E-state index contributed by atoms with van der Waals surface area (Å²) in [5.41, 5.74) is 1.35. The normalized spacial score (nSPS) is 20.8. The van der Waals surface area contributed by atoms with Gasteiger partial charge in [-0.2, -0.15) is 0 Å². The Morgan fingerprint density at radius 1 is 1.27 bits per heavy atom. The van der Waals surface area contributed by atoms with Crippen LogP contribution in [-0.4, -0.2) is 62.3 Å². The third-order valence-corrected chi connectivity index (χ3v) is 4.79. The molecule has 0 bridgehead atoms. The lowest BCUT2D eigenvalue weighted by Gasteiger charge is -2.37. The number of ether oxygens (including phenoxy) is 1. The summed E-state index contributed by atoms with van der Waals surface area (Å²) < 4.78 is 5.53. The van der Waals surface area contributed by atoms with Crippen LogP contribution in [0, 0.1) is 0 Å². The number of guanidine groups is 1. The minimum absolute atomic E-state index is 0. The Bertz CT molecular complexity index is 526. The maximum Gasteiger partial charge on any atom is 0.191 e. The molecule has 0 radical (unpaired) electrons. The van der Waals surface area contributed by atoms with Crippen molar-refractivity contribution < 1.29 is 4.74 Å². The number of morpholine rings is 1. The van der Waals surface area contributed by atoms with Gasteiger partial charge in [0.2, 0.25) is 0 Å². The van der Waals surface area contributed by atoms with Crippen LogP contribution in [-0.2, 0) is 4.74 Å². The largest absolute Gasteiger partial charge is 0.379 e. The van der Waals surface area contributed by atoms with E-state index in [2.05, 4.69) is 73.6 Å². The first-order valence-corrected chi connectivity index (χ1v) is 9.52. The van der Waals surface area contributed by atoms with Crippen LogP contribution in [0.1, 0.15) is 39.2 Å². The number of aliphatic imine (C=N–C) groups is 1. The Morgan fingerprint density at radius 2 is 2.00 bits per heavy atom. The highest BCUT2D eigenvalue weighted by Crippen LogP contribution is 2.13. The molecule has 1 aliphatic heterocycles. The van der Waals surface area contributed by atoms with E-state index in [1.807, 2.05) is 0 Å². The predicted molar refractivity (Wildman–Crippen MR) is 121 cm³/mol. The van der Waals surface area contributed by atoms with Crippen molar-refractivity contribution in [3.05, 3.63) is 35.9 Å². The van der Waals surface area contributed by atoms with Gasteiger partial charge >= 0.3 is 0 Å². The van der Waals surface area contributed by atoms with Crippen molar-refractivity contribution in [2.45, 2.75) is 45.7 Å². The van der Waals surface area contributed by atoms with E-state index in [9.17, 15) is 0 Å². The molecule has 1 heterocycles. The first kappa shape index (κ1) is 23.2. The van der Waals surface area contributed by atoms with Gasteiger partial charge in [0.25, 0.3) is 0 Å². The smallest absolute Gasteiger partial charge is 0.191 e. The summed E-state index contributed by atoms with van der Waals surface area (Å²) in [6.07, 6.45) is 0. The molecule has 26 heavy (non-hydrogen) atoms. The number of nitrogens with zero attached hydrogens (tertiary/aromatic N) is 2. The van der Waals surface area contributed by atoms with E-state index in [4.69, 9.17) is 9.73 Å². The number of halogens is 1. The first-order chi connectivity index (χ1) is 12.1. The lowest BCUT2D eigenvalue weighted by molar-refractivity contribution is -0.0165. The van der Waals surface area contributed by atoms with Crippen LogP contribution in [0.5, 0.6) is 0 Å². The van der Waals surface area contributed by atoms with Crippen molar-refractivity contribution in [3.8, 4) is 0 Å². The first-order valence-electron chi connectivity index (χ1n) is 9.52. The standard InChI is InChI=1S/C20H34N4O.HI/c1-5-21-20(22-13-16(2)19-9-7-6-8-10-19)23-14-17(3)24-11-12-25-15-18(24)4;/h6-10,16-18H,5,11-15H2,1-4H3,(H2,21,22,23);1H. The molecule has 0 amide bonds. The van der Waals surface area contributed by atoms with Crippen molar-refractivity contribution in [1.82, 2.24) is 15.5 Å². The fourth-order valence-electron chi connectivity index (χ4n) is 3.21. The number of rotatable bonds is 7. The summed E-state index contributed by atoms with van der Waals surface area (Å²) in [7, 11) is 0. The number of benzene rings is 1. The summed E-state index contributed by atoms with van der Waals surface area (Å²) in [6.45, 7) is 14.0. The fourth-order valence-corrected chi connectivity index (χ4v) is 3.21. The summed E-state index contributed by atoms with van der Waals surface area (Å²) in [6, 6.07) is 11.5. The zero-order chi connectivity index (χ0) is 18.1. The van der Waals surface area contributed by atoms with Gasteiger partial charge in [-0.3, -0.25) is 9.89 Å². The minimum Gasteiger partial charge on any atom is -0.379 e. The lowest BCUT2D eigenvalue weighted by Crippen LogP contribution is -2.49. The zero-order valence-electron chi connectivity index (χ0n) is 16.6. The molecular weight excluding hydrogens is 439 g/mol. The molecule has 1 aromatic rings. The second-order valence-corrected chi connectivity index (χ2v) is 6.92. The third kappa shape index (κ3) is 7.40. The van der Waals surface area contributed by atoms with Crippen molar-refractivity contribution >= 4 is 29.9 Å². The molecule has 1 aromatic carbocycles. The van der Waals surface area contributed by atoms with Gasteiger partial charge in [0.05, 0.1) is 19.8 Å². The minimum atomic E-state index is 0. The molecule has 0 spiro atoms. The highest BCUT2D eigenvalue weighted by molar-refractivity contribution is 14.0. The highest BCUT2D eigenvalue weighted by Gasteiger charge is 2.23. The van der Waals surface area contributed by atoms with Gasteiger partial charge in [0.1, 0.15) is 0 Å². The van der Waals surface area contributed by atoms with Crippen LogP contribution in [0.4, 0.5) is 0 Å². The average Bonchev–Trinajstić information content (AvgIpc) is 2.64. The molecule has 148 valence electrons. The van der Waals surface area contributed by atoms with Crippen LogP contribution >= 0.6 is 24.0 Å². The fraction of sp³-hybridized carbons (Fsp3) is 0.650. The molecule has 1 aliphatic rings. The Morgan fingerprint density at radius 3 is 2.65 bits per heavy atom. The maximum absolute atomic E-state index is 5.53. The number of hydrogen-bond acceptors (Lipinski definition) is 3. The molecule has 6 heteroatoms. The topological polar surface area (TPSA) is 48.9 Å². The Hall–Kier alpha value is -0.860. The SMILES string of the molecule is CCNC(=NCC(C)N1CCOCC1C)NCC(C)c1ccccc1.I. The summed E-state index contributed by atoms with van der Waals surface area (Å²) in [4.78, 5) is 7.29. The van der Waals surface area contributed by atoms with Crippen LogP contribution in [0.15, 0.2) is 35.3 Å². The molecule has 0 aromatic heterocycles. The van der Waals surface area contributed by atoms with Crippen molar-refractivity contribution in [2.75, 3.05) is 39.4 Å².